The normalized spacial score (nSPS) is 14.9. The molecule has 0 N–H and O–H groups in total. The van der Waals surface area contributed by atoms with Crippen LogP contribution < -0.4 is 10.3 Å². The lowest BCUT2D eigenvalue weighted by Gasteiger charge is -2.32. The standard InChI is InChI=1S/C24H24FN5O2/c1-3-29-14-18(24-27-23(28-32-24)16-5-4-8-26-13-16)22(31)17-11-19(25)21(12-20(17)29)30-9-6-15(2)7-10-30/h4-5,8,11-15H,3,6-7,9-10H2,1-2H3. The number of piperidine rings is 1. The lowest BCUT2D eigenvalue weighted by atomic mass is 9.98. The van der Waals surface area contributed by atoms with Gasteiger partial charge >= 0.3 is 0 Å². The summed E-state index contributed by atoms with van der Waals surface area (Å²) < 4.78 is 22.4. The van der Waals surface area contributed by atoms with Crippen molar-refractivity contribution in [1.29, 1.82) is 0 Å². The lowest BCUT2D eigenvalue weighted by molar-refractivity contribution is 0.431. The Hall–Kier alpha value is -3.55. The van der Waals surface area contributed by atoms with E-state index in [4.69, 9.17) is 4.52 Å². The lowest BCUT2D eigenvalue weighted by Crippen LogP contribution is -2.33. The van der Waals surface area contributed by atoms with Crippen LogP contribution in [0.25, 0.3) is 33.7 Å². The molecule has 0 unspecified atom stereocenters. The number of aryl methyl sites for hydroxylation is 1. The van der Waals surface area contributed by atoms with Gasteiger partial charge in [-0.1, -0.05) is 12.1 Å². The van der Waals surface area contributed by atoms with Gasteiger partial charge < -0.3 is 14.0 Å². The molecule has 7 nitrogen and oxygen atoms in total. The molecule has 0 aliphatic carbocycles. The van der Waals surface area contributed by atoms with E-state index in [0.29, 0.717) is 40.4 Å². The summed E-state index contributed by atoms with van der Waals surface area (Å²) in [5.74, 6) is 0.714. The number of aromatic nitrogens is 4. The highest BCUT2D eigenvalue weighted by Crippen LogP contribution is 2.30. The van der Waals surface area contributed by atoms with Crippen molar-refractivity contribution in [1.82, 2.24) is 19.7 Å². The molecule has 32 heavy (non-hydrogen) atoms. The molecule has 1 saturated heterocycles. The minimum absolute atomic E-state index is 0.104. The molecule has 1 aromatic carbocycles. The fourth-order valence-corrected chi connectivity index (χ4v) is 4.25. The van der Waals surface area contributed by atoms with Crippen molar-refractivity contribution in [3.05, 3.63) is 58.9 Å². The summed E-state index contributed by atoms with van der Waals surface area (Å²) in [5, 5.41) is 4.29. The fraction of sp³-hybridized carbons (Fsp3) is 0.333. The topological polar surface area (TPSA) is 77.0 Å². The Labute approximate surface area is 184 Å². The maximum absolute atomic E-state index is 15.1. The van der Waals surface area contributed by atoms with Crippen LogP contribution in [0.1, 0.15) is 26.7 Å². The molecule has 0 radical (unpaired) electrons. The largest absolute Gasteiger partial charge is 0.369 e. The zero-order chi connectivity index (χ0) is 22.2. The Bertz CT molecular complexity index is 1320. The van der Waals surface area contributed by atoms with Gasteiger partial charge in [-0.05, 0) is 49.9 Å². The molecule has 4 heterocycles. The first-order chi connectivity index (χ1) is 15.5. The Balaban J connectivity index is 1.60. The highest BCUT2D eigenvalue weighted by molar-refractivity contribution is 5.86. The van der Waals surface area contributed by atoms with Crippen LogP contribution in [0.5, 0.6) is 0 Å². The fourth-order valence-electron chi connectivity index (χ4n) is 4.25. The van der Waals surface area contributed by atoms with Crippen LogP contribution in [-0.2, 0) is 6.54 Å². The van der Waals surface area contributed by atoms with Gasteiger partial charge in [-0.3, -0.25) is 9.78 Å². The molecular weight excluding hydrogens is 409 g/mol. The Morgan fingerprint density at radius 3 is 2.78 bits per heavy atom. The van der Waals surface area contributed by atoms with Crippen molar-refractivity contribution in [3.8, 4) is 22.8 Å². The third-order valence-electron chi connectivity index (χ3n) is 6.19. The Morgan fingerprint density at radius 2 is 2.06 bits per heavy atom. The first kappa shape index (κ1) is 20.4. The highest BCUT2D eigenvalue weighted by atomic mass is 19.1. The van der Waals surface area contributed by atoms with Crippen LogP contribution in [-0.4, -0.2) is 32.8 Å². The Morgan fingerprint density at radius 1 is 1.25 bits per heavy atom. The van der Waals surface area contributed by atoms with Gasteiger partial charge in [0.2, 0.25) is 11.3 Å². The second-order valence-corrected chi connectivity index (χ2v) is 8.31. The average Bonchev–Trinajstić information content (AvgIpc) is 3.31. The SMILES string of the molecule is CCn1cc(-c2nc(-c3cccnc3)no2)c(=O)c2cc(F)c(N3CCC(C)CC3)cc21. The van der Waals surface area contributed by atoms with Crippen molar-refractivity contribution >= 4 is 16.6 Å². The molecule has 0 atom stereocenters. The van der Waals surface area contributed by atoms with Crippen LogP contribution in [0, 0.1) is 11.7 Å². The molecular formula is C24H24FN5O2. The summed E-state index contributed by atoms with van der Waals surface area (Å²) in [5.41, 5.74) is 1.86. The zero-order valence-electron chi connectivity index (χ0n) is 18.1. The first-order valence-corrected chi connectivity index (χ1v) is 10.9. The van der Waals surface area contributed by atoms with E-state index >= 15 is 4.39 Å². The van der Waals surface area contributed by atoms with E-state index in [2.05, 4.69) is 26.9 Å². The molecule has 0 amide bonds. The van der Waals surface area contributed by atoms with Crippen molar-refractivity contribution < 1.29 is 8.91 Å². The summed E-state index contributed by atoms with van der Waals surface area (Å²) >= 11 is 0. The number of fused-ring (bicyclic) bond motifs is 1. The van der Waals surface area contributed by atoms with Gasteiger partial charge in [0.25, 0.3) is 5.89 Å². The monoisotopic (exact) mass is 433 g/mol. The van der Waals surface area contributed by atoms with E-state index < -0.39 is 0 Å². The molecule has 8 heteroatoms. The van der Waals surface area contributed by atoms with E-state index in [1.807, 2.05) is 17.6 Å². The minimum Gasteiger partial charge on any atom is -0.369 e. The third kappa shape index (κ3) is 3.55. The summed E-state index contributed by atoms with van der Waals surface area (Å²) in [6, 6.07) is 6.72. The summed E-state index contributed by atoms with van der Waals surface area (Å²) in [7, 11) is 0. The Kier molecular flexibility index (Phi) is 5.20. The summed E-state index contributed by atoms with van der Waals surface area (Å²) in [6.45, 7) is 6.44. The molecule has 1 aliphatic heterocycles. The summed E-state index contributed by atoms with van der Waals surface area (Å²) in [6.07, 6.45) is 7.06. The second-order valence-electron chi connectivity index (χ2n) is 8.31. The van der Waals surface area contributed by atoms with Crippen molar-refractivity contribution in [3.63, 3.8) is 0 Å². The van der Waals surface area contributed by atoms with Gasteiger partial charge in [0.15, 0.2) is 0 Å². The summed E-state index contributed by atoms with van der Waals surface area (Å²) in [4.78, 5) is 23.8. The molecule has 164 valence electrons. The number of hydrogen-bond acceptors (Lipinski definition) is 6. The van der Waals surface area contributed by atoms with E-state index in [9.17, 15) is 4.79 Å². The van der Waals surface area contributed by atoms with E-state index in [1.54, 1.807) is 30.7 Å². The number of pyridine rings is 2. The van der Waals surface area contributed by atoms with Crippen LogP contribution in [0.2, 0.25) is 0 Å². The number of nitrogens with zero attached hydrogens (tertiary/aromatic N) is 5. The van der Waals surface area contributed by atoms with Gasteiger partial charge in [-0.2, -0.15) is 4.98 Å². The molecule has 0 spiro atoms. The van der Waals surface area contributed by atoms with Crippen molar-refractivity contribution in [2.45, 2.75) is 33.2 Å². The molecule has 0 bridgehead atoms. The van der Waals surface area contributed by atoms with Gasteiger partial charge in [0.05, 0.1) is 11.2 Å². The molecule has 5 rings (SSSR count). The van der Waals surface area contributed by atoms with Gasteiger partial charge in [0, 0.05) is 49.2 Å². The van der Waals surface area contributed by atoms with Gasteiger partial charge in [0.1, 0.15) is 11.4 Å². The molecule has 1 aliphatic rings. The second kappa shape index (κ2) is 8.18. The van der Waals surface area contributed by atoms with Crippen LogP contribution in [0.4, 0.5) is 10.1 Å². The van der Waals surface area contributed by atoms with Crippen molar-refractivity contribution in [2.75, 3.05) is 18.0 Å². The van der Waals surface area contributed by atoms with E-state index in [0.717, 1.165) is 25.9 Å². The van der Waals surface area contributed by atoms with E-state index in [1.165, 1.54) is 6.07 Å². The third-order valence-corrected chi connectivity index (χ3v) is 6.19. The zero-order valence-corrected chi connectivity index (χ0v) is 18.1. The maximum Gasteiger partial charge on any atom is 0.263 e. The number of halogens is 1. The van der Waals surface area contributed by atoms with Crippen molar-refractivity contribution in [2.24, 2.45) is 5.92 Å². The van der Waals surface area contributed by atoms with Gasteiger partial charge in [-0.25, -0.2) is 4.39 Å². The predicted octanol–water partition coefficient (Wildman–Crippen LogP) is 4.51. The minimum atomic E-state index is -0.384. The average molecular weight is 433 g/mol. The molecule has 1 fully saturated rings. The quantitative estimate of drug-likeness (QED) is 0.471. The first-order valence-electron chi connectivity index (χ1n) is 10.9. The maximum atomic E-state index is 15.1. The van der Waals surface area contributed by atoms with Crippen LogP contribution in [0.3, 0.4) is 0 Å². The van der Waals surface area contributed by atoms with Crippen LogP contribution in [0.15, 0.2) is 52.2 Å². The molecule has 3 aromatic heterocycles. The molecule has 0 saturated carbocycles. The molecule has 4 aromatic rings. The number of anilines is 1. The predicted molar refractivity (Wildman–Crippen MR) is 121 cm³/mol. The number of rotatable bonds is 4. The van der Waals surface area contributed by atoms with Crippen LogP contribution >= 0.6 is 0 Å². The number of benzene rings is 1. The van der Waals surface area contributed by atoms with E-state index in [-0.39, 0.29) is 22.7 Å². The highest BCUT2D eigenvalue weighted by Gasteiger charge is 2.22. The smallest absolute Gasteiger partial charge is 0.263 e. The number of hydrogen-bond donors (Lipinski definition) is 0. The van der Waals surface area contributed by atoms with Gasteiger partial charge in [-0.15, -0.1) is 0 Å².